The van der Waals surface area contributed by atoms with Crippen molar-refractivity contribution in [3.05, 3.63) is 0 Å². The molecule has 0 aromatic carbocycles. The van der Waals surface area contributed by atoms with Gasteiger partial charge in [0.05, 0.1) is 6.04 Å². The average Bonchev–Trinajstić information content (AvgIpc) is 2.23. The number of carbonyl (C=O) groups is 1. The smallest absolute Gasteiger partial charge is 0.237 e. The summed E-state index contributed by atoms with van der Waals surface area (Å²) in [6.07, 6.45) is 2.97. The van der Waals surface area contributed by atoms with Gasteiger partial charge in [-0.25, -0.2) is 0 Å². The number of thioether (sulfide) groups is 1. The lowest BCUT2D eigenvalue weighted by Crippen LogP contribution is -2.47. The molecule has 0 aromatic rings. The third-order valence-corrected chi connectivity index (χ3v) is 4.05. The zero-order valence-corrected chi connectivity index (χ0v) is 12.5. The molecule has 0 aliphatic carbocycles. The Balaban J connectivity index is 0. The van der Waals surface area contributed by atoms with E-state index in [0.717, 1.165) is 6.42 Å². The van der Waals surface area contributed by atoms with Crippen molar-refractivity contribution in [3.63, 3.8) is 0 Å². The van der Waals surface area contributed by atoms with Gasteiger partial charge < -0.3 is 11.1 Å². The van der Waals surface area contributed by atoms with Crippen LogP contribution >= 0.6 is 24.2 Å². The quantitative estimate of drug-likeness (QED) is 0.775. The van der Waals surface area contributed by atoms with Crippen LogP contribution in [-0.4, -0.2) is 29.5 Å². The van der Waals surface area contributed by atoms with E-state index in [0.29, 0.717) is 6.54 Å². The van der Waals surface area contributed by atoms with Crippen LogP contribution in [0, 0.1) is 5.92 Å². The first-order chi connectivity index (χ1) is 6.84. The molecule has 0 rings (SSSR count). The summed E-state index contributed by atoms with van der Waals surface area (Å²) in [5.41, 5.74) is 5.82. The lowest BCUT2D eigenvalue weighted by atomic mass is 9.99. The number of hydrogen-bond acceptors (Lipinski definition) is 3. The van der Waals surface area contributed by atoms with E-state index < -0.39 is 0 Å². The molecule has 0 saturated carbocycles. The Kier molecular flexibility index (Phi) is 9.45. The molecule has 0 aliphatic heterocycles. The van der Waals surface area contributed by atoms with Crippen LogP contribution in [0.15, 0.2) is 0 Å². The number of halogens is 1. The fourth-order valence-electron chi connectivity index (χ4n) is 1.00. The van der Waals surface area contributed by atoms with Gasteiger partial charge in [-0.2, -0.15) is 11.8 Å². The van der Waals surface area contributed by atoms with Crippen molar-refractivity contribution in [2.75, 3.05) is 12.8 Å². The van der Waals surface area contributed by atoms with E-state index >= 15 is 0 Å². The maximum absolute atomic E-state index is 11.7. The molecule has 0 radical (unpaired) electrons. The fourth-order valence-corrected chi connectivity index (χ4v) is 1.22. The minimum atomic E-state index is -0.382. The summed E-state index contributed by atoms with van der Waals surface area (Å²) in [5, 5.41) is 2.90. The highest BCUT2D eigenvalue weighted by molar-refractivity contribution is 7.99. The van der Waals surface area contributed by atoms with Gasteiger partial charge in [-0.05, 0) is 26.0 Å². The zero-order chi connectivity index (χ0) is 12.1. The lowest BCUT2D eigenvalue weighted by molar-refractivity contribution is -0.123. The van der Waals surface area contributed by atoms with Gasteiger partial charge in [0.2, 0.25) is 5.91 Å². The first-order valence-corrected chi connectivity index (χ1v) is 6.65. The summed E-state index contributed by atoms with van der Waals surface area (Å²) in [5.74, 6) is 0.203. The summed E-state index contributed by atoms with van der Waals surface area (Å²) in [4.78, 5) is 11.7. The Hall–Kier alpha value is 0.0700. The predicted molar refractivity (Wildman–Crippen MR) is 75.3 cm³/mol. The van der Waals surface area contributed by atoms with Crippen LogP contribution in [0.25, 0.3) is 0 Å². The Morgan fingerprint density at radius 3 is 2.38 bits per heavy atom. The van der Waals surface area contributed by atoms with Crippen LogP contribution in [0.1, 0.15) is 34.1 Å². The molecule has 3 nitrogen and oxygen atoms in total. The second-order valence-electron chi connectivity index (χ2n) is 4.59. The van der Waals surface area contributed by atoms with Crippen molar-refractivity contribution in [2.24, 2.45) is 11.7 Å². The normalized spacial score (nSPS) is 14.9. The number of carbonyl (C=O) groups excluding carboxylic acids is 1. The third kappa shape index (κ3) is 6.61. The molecule has 2 unspecified atom stereocenters. The third-order valence-electron chi connectivity index (χ3n) is 2.80. The Morgan fingerprint density at radius 1 is 1.50 bits per heavy atom. The summed E-state index contributed by atoms with van der Waals surface area (Å²) in [6.45, 7) is 8.92. The Morgan fingerprint density at radius 2 is 2.00 bits per heavy atom. The van der Waals surface area contributed by atoms with E-state index in [9.17, 15) is 4.79 Å². The summed E-state index contributed by atoms with van der Waals surface area (Å²) in [7, 11) is 0. The highest BCUT2D eigenvalue weighted by atomic mass is 35.5. The number of rotatable bonds is 6. The van der Waals surface area contributed by atoms with Gasteiger partial charge in [-0.15, -0.1) is 12.4 Å². The van der Waals surface area contributed by atoms with E-state index in [-0.39, 0.29) is 35.0 Å². The maximum Gasteiger partial charge on any atom is 0.237 e. The van der Waals surface area contributed by atoms with Crippen molar-refractivity contribution >= 4 is 30.1 Å². The van der Waals surface area contributed by atoms with Gasteiger partial charge in [0.1, 0.15) is 0 Å². The van der Waals surface area contributed by atoms with Crippen molar-refractivity contribution in [2.45, 2.75) is 44.9 Å². The van der Waals surface area contributed by atoms with E-state index in [1.54, 1.807) is 11.8 Å². The molecule has 5 heteroatoms. The molecule has 0 bridgehead atoms. The SMILES string of the molecule is CCC(C)C(N)C(=O)NCC(C)(C)SC.Cl. The lowest BCUT2D eigenvalue weighted by Gasteiger charge is -2.24. The second-order valence-corrected chi connectivity index (χ2v) is 6.11. The molecule has 2 atom stereocenters. The number of nitrogens with two attached hydrogens (primary N) is 1. The summed E-state index contributed by atoms with van der Waals surface area (Å²) in [6, 6.07) is -0.382. The number of amides is 1. The molecular formula is C11H25ClN2OS. The molecule has 0 aliphatic rings. The molecule has 0 spiro atoms. The maximum atomic E-state index is 11.7. The molecule has 0 heterocycles. The van der Waals surface area contributed by atoms with Gasteiger partial charge >= 0.3 is 0 Å². The zero-order valence-electron chi connectivity index (χ0n) is 10.9. The molecule has 0 fully saturated rings. The van der Waals surface area contributed by atoms with Crippen LogP contribution in [0.4, 0.5) is 0 Å². The molecule has 0 saturated heterocycles. The monoisotopic (exact) mass is 268 g/mol. The standard InChI is InChI=1S/C11H24N2OS.ClH/c1-6-8(2)9(12)10(14)13-7-11(3,4)15-5;/h8-9H,6-7,12H2,1-5H3,(H,13,14);1H. The number of hydrogen-bond donors (Lipinski definition) is 2. The van der Waals surface area contributed by atoms with Gasteiger partial charge in [0, 0.05) is 11.3 Å². The molecule has 1 amide bonds. The van der Waals surface area contributed by atoms with Gasteiger partial charge in [-0.1, -0.05) is 20.3 Å². The molecule has 98 valence electrons. The summed E-state index contributed by atoms with van der Waals surface area (Å²) >= 11 is 1.74. The van der Waals surface area contributed by atoms with Crippen molar-refractivity contribution in [1.82, 2.24) is 5.32 Å². The molecule has 3 N–H and O–H groups in total. The largest absolute Gasteiger partial charge is 0.353 e. The van der Waals surface area contributed by atoms with E-state index in [4.69, 9.17) is 5.73 Å². The molecule has 16 heavy (non-hydrogen) atoms. The van der Waals surface area contributed by atoms with Crippen LogP contribution in [0.2, 0.25) is 0 Å². The highest BCUT2D eigenvalue weighted by Gasteiger charge is 2.22. The predicted octanol–water partition coefficient (Wildman–Crippen LogP) is 2.04. The topological polar surface area (TPSA) is 55.1 Å². The second kappa shape index (κ2) is 8.20. The van der Waals surface area contributed by atoms with E-state index in [1.165, 1.54) is 0 Å². The summed E-state index contributed by atoms with van der Waals surface area (Å²) < 4.78 is 0.0742. The van der Waals surface area contributed by atoms with Gasteiger partial charge in [-0.3, -0.25) is 4.79 Å². The van der Waals surface area contributed by atoms with Crippen LogP contribution in [-0.2, 0) is 4.79 Å². The van der Waals surface area contributed by atoms with Crippen LogP contribution in [0.5, 0.6) is 0 Å². The number of nitrogens with one attached hydrogen (secondary N) is 1. The molecule has 0 aromatic heterocycles. The minimum absolute atomic E-state index is 0. The first kappa shape index (κ1) is 18.4. The Labute approximate surface area is 110 Å². The highest BCUT2D eigenvalue weighted by Crippen LogP contribution is 2.19. The van der Waals surface area contributed by atoms with Crippen LogP contribution in [0.3, 0.4) is 0 Å². The Bertz CT molecular complexity index is 212. The first-order valence-electron chi connectivity index (χ1n) is 5.42. The fraction of sp³-hybridized carbons (Fsp3) is 0.909. The van der Waals surface area contributed by atoms with Crippen LogP contribution < -0.4 is 11.1 Å². The van der Waals surface area contributed by atoms with Crippen molar-refractivity contribution in [1.29, 1.82) is 0 Å². The van der Waals surface area contributed by atoms with E-state index in [1.807, 2.05) is 20.1 Å². The van der Waals surface area contributed by atoms with Crippen molar-refractivity contribution in [3.8, 4) is 0 Å². The van der Waals surface area contributed by atoms with E-state index in [2.05, 4.69) is 19.2 Å². The molecular weight excluding hydrogens is 244 g/mol. The van der Waals surface area contributed by atoms with Crippen molar-refractivity contribution < 1.29 is 4.79 Å². The van der Waals surface area contributed by atoms with Gasteiger partial charge in [0.15, 0.2) is 0 Å². The average molecular weight is 269 g/mol. The van der Waals surface area contributed by atoms with Gasteiger partial charge in [0.25, 0.3) is 0 Å². The minimum Gasteiger partial charge on any atom is -0.353 e.